The van der Waals surface area contributed by atoms with E-state index in [4.69, 9.17) is 9.47 Å². The van der Waals surface area contributed by atoms with Crippen molar-refractivity contribution in [3.05, 3.63) is 70.1 Å². The molecule has 0 amide bonds. The van der Waals surface area contributed by atoms with Crippen molar-refractivity contribution in [1.82, 2.24) is 9.78 Å². The molecular weight excluding hydrogens is 372 g/mol. The second-order valence-corrected chi connectivity index (χ2v) is 6.38. The molecule has 0 unspecified atom stereocenters. The summed E-state index contributed by atoms with van der Waals surface area (Å²) in [5.74, 6) is -0.434. The quantitative estimate of drug-likeness (QED) is 0.452. The highest BCUT2D eigenvalue weighted by Crippen LogP contribution is 2.17. The lowest BCUT2D eigenvalue weighted by atomic mass is 10.1. The van der Waals surface area contributed by atoms with Crippen molar-refractivity contribution in [1.29, 1.82) is 0 Å². The van der Waals surface area contributed by atoms with Crippen LogP contribution in [0.4, 0.5) is 0 Å². The lowest BCUT2D eigenvalue weighted by molar-refractivity contribution is 0.0313. The van der Waals surface area contributed by atoms with Gasteiger partial charge in [-0.1, -0.05) is 18.2 Å². The summed E-state index contributed by atoms with van der Waals surface area (Å²) in [4.78, 5) is 37.8. The van der Waals surface area contributed by atoms with Crippen LogP contribution < -0.4 is 10.3 Å². The molecule has 0 N–H and O–H groups in total. The molecule has 0 bridgehead atoms. The second-order valence-electron chi connectivity index (χ2n) is 6.38. The summed E-state index contributed by atoms with van der Waals surface area (Å²) in [5, 5.41) is 4.91. The Labute approximate surface area is 167 Å². The summed E-state index contributed by atoms with van der Waals surface area (Å²) in [6, 6.07) is 13.3. The summed E-state index contributed by atoms with van der Waals surface area (Å²) >= 11 is 0. The monoisotopic (exact) mass is 394 g/mol. The number of aryl methyl sites for hydroxylation is 1. The van der Waals surface area contributed by atoms with Gasteiger partial charge in [-0.25, -0.2) is 9.48 Å². The Balaban J connectivity index is 1.85. The van der Waals surface area contributed by atoms with Gasteiger partial charge in [0, 0.05) is 17.5 Å². The molecule has 150 valence electrons. The lowest BCUT2D eigenvalue weighted by Crippen LogP contribution is -2.29. The molecule has 0 spiro atoms. The number of rotatable bonds is 7. The zero-order valence-corrected chi connectivity index (χ0v) is 16.5. The van der Waals surface area contributed by atoms with Crippen LogP contribution in [0.25, 0.3) is 10.8 Å². The number of hydrogen-bond acceptors (Lipinski definition) is 6. The Morgan fingerprint density at radius 1 is 1.03 bits per heavy atom. The van der Waals surface area contributed by atoms with Gasteiger partial charge in [-0.2, -0.15) is 5.10 Å². The highest BCUT2D eigenvalue weighted by molar-refractivity contribution is 6.05. The van der Waals surface area contributed by atoms with Crippen molar-refractivity contribution in [2.24, 2.45) is 0 Å². The molecule has 3 rings (SSSR count). The summed E-state index contributed by atoms with van der Waals surface area (Å²) in [5.41, 5.74) is 0.136. The first-order chi connectivity index (χ1) is 14.0. The first kappa shape index (κ1) is 20.3. The van der Waals surface area contributed by atoms with Crippen LogP contribution in [0.2, 0.25) is 0 Å². The minimum atomic E-state index is -1.01. The van der Waals surface area contributed by atoms with Crippen LogP contribution in [0.15, 0.2) is 53.3 Å². The average Bonchev–Trinajstić information content (AvgIpc) is 2.74. The van der Waals surface area contributed by atoms with Crippen LogP contribution in [-0.2, 0) is 11.3 Å². The number of Topliss-reactive ketones (excluding diaryl/α,β-unsaturated/α-hetero) is 1. The predicted octanol–water partition coefficient (Wildman–Crippen LogP) is 3.24. The van der Waals surface area contributed by atoms with Gasteiger partial charge in [0.25, 0.3) is 5.56 Å². The zero-order valence-electron chi connectivity index (χ0n) is 16.5. The molecule has 0 radical (unpaired) electrons. The SMILES string of the molecule is CCOc1ccc(C(=O)[C@@H](C)OC(=O)c2nn(CC)c(=O)c3ccccc23)cc1. The molecule has 1 heterocycles. The molecular formula is C22H22N2O5. The van der Waals surface area contributed by atoms with Crippen molar-refractivity contribution in [3.8, 4) is 5.75 Å². The number of ketones is 1. The Morgan fingerprint density at radius 2 is 1.69 bits per heavy atom. The minimum Gasteiger partial charge on any atom is -0.494 e. The standard InChI is InChI=1S/C22H22N2O5/c1-4-24-21(26)18-9-7-6-8-17(18)19(23-24)22(27)29-14(3)20(25)15-10-12-16(13-11-15)28-5-2/h6-14H,4-5H2,1-3H3/t14-/m1/s1. The molecule has 7 heteroatoms. The number of nitrogens with zero attached hydrogens (tertiary/aromatic N) is 2. The van der Waals surface area contributed by atoms with E-state index in [1.807, 2.05) is 6.92 Å². The Hall–Kier alpha value is -3.48. The molecule has 1 aromatic heterocycles. The van der Waals surface area contributed by atoms with Gasteiger partial charge in [-0.05, 0) is 51.1 Å². The summed E-state index contributed by atoms with van der Waals surface area (Å²) in [6.45, 7) is 5.98. The molecule has 0 saturated carbocycles. The van der Waals surface area contributed by atoms with Gasteiger partial charge in [-0.3, -0.25) is 9.59 Å². The van der Waals surface area contributed by atoms with E-state index in [0.717, 1.165) is 0 Å². The smallest absolute Gasteiger partial charge is 0.360 e. The van der Waals surface area contributed by atoms with Gasteiger partial charge in [0.2, 0.25) is 5.78 Å². The number of aromatic nitrogens is 2. The van der Waals surface area contributed by atoms with E-state index in [1.54, 1.807) is 55.5 Å². The van der Waals surface area contributed by atoms with Crippen LogP contribution in [0.5, 0.6) is 5.75 Å². The molecule has 1 atom stereocenters. The van der Waals surface area contributed by atoms with Gasteiger partial charge >= 0.3 is 5.97 Å². The maximum absolute atomic E-state index is 12.8. The van der Waals surface area contributed by atoms with Gasteiger partial charge in [0.05, 0.1) is 12.0 Å². The normalized spacial score (nSPS) is 11.8. The molecule has 29 heavy (non-hydrogen) atoms. The molecule has 0 fully saturated rings. The topological polar surface area (TPSA) is 87.5 Å². The Bertz CT molecular complexity index is 1100. The third-order valence-corrected chi connectivity index (χ3v) is 4.46. The van der Waals surface area contributed by atoms with Crippen LogP contribution >= 0.6 is 0 Å². The molecule has 0 aliphatic carbocycles. The minimum absolute atomic E-state index is 0.00777. The average molecular weight is 394 g/mol. The van der Waals surface area contributed by atoms with Crippen molar-refractivity contribution in [2.45, 2.75) is 33.4 Å². The van der Waals surface area contributed by atoms with E-state index < -0.39 is 12.1 Å². The number of esters is 1. The zero-order chi connectivity index (χ0) is 21.0. The van der Waals surface area contributed by atoms with E-state index >= 15 is 0 Å². The lowest BCUT2D eigenvalue weighted by Gasteiger charge is -2.14. The summed E-state index contributed by atoms with van der Waals surface area (Å²) in [7, 11) is 0. The van der Waals surface area contributed by atoms with Crippen molar-refractivity contribution >= 4 is 22.5 Å². The fourth-order valence-electron chi connectivity index (χ4n) is 2.99. The first-order valence-electron chi connectivity index (χ1n) is 9.44. The second kappa shape index (κ2) is 8.68. The number of carbonyl (C=O) groups is 2. The largest absolute Gasteiger partial charge is 0.494 e. The highest BCUT2D eigenvalue weighted by Gasteiger charge is 2.24. The number of hydrogen-bond donors (Lipinski definition) is 0. The van der Waals surface area contributed by atoms with Gasteiger partial charge in [-0.15, -0.1) is 0 Å². The fourth-order valence-corrected chi connectivity index (χ4v) is 2.99. The third-order valence-electron chi connectivity index (χ3n) is 4.46. The van der Waals surface area contributed by atoms with E-state index in [1.165, 1.54) is 11.6 Å². The van der Waals surface area contributed by atoms with E-state index in [9.17, 15) is 14.4 Å². The van der Waals surface area contributed by atoms with Gasteiger partial charge < -0.3 is 9.47 Å². The number of ether oxygens (including phenoxy) is 2. The summed E-state index contributed by atoms with van der Waals surface area (Å²) in [6.07, 6.45) is -1.01. The van der Waals surface area contributed by atoms with Crippen molar-refractivity contribution < 1.29 is 19.1 Å². The van der Waals surface area contributed by atoms with Gasteiger partial charge in [0.1, 0.15) is 5.75 Å². The van der Waals surface area contributed by atoms with Crippen LogP contribution in [0.1, 0.15) is 41.6 Å². The molecule has 0 aliphatic rings. The summed E-state index contributed by atoms with van der Waals surface area (Å²) < 4.78 is 11.9. The van der Waals surface area contributed by atoms with E-state index in [-0.39, 0.29) is 17.0 Å². The predicted molar refractivity (Wildman–Crippen MR) is 108 cm³/mol. The van der Waals surface area contributed by atoms with E-state index in [0.29, 0.717) is 35.2 Å². The fraction of sp³-hybridized carbons (Fsp3) is 0.273. The molecule has 2 aromatic carbocycles. The highest BCUT2D eigenvalue weighted by atomic mass is 16.5. The Morgan fingerprint density at radius 3 is 2.31 bits per heavy atom. The first-order valence-corrected chi connectivity index (χ1v) is 9.44. The van der Waals surface area contributed by atoms with E-state index in [2.05, 4.69) is 5.10 Å². The van der Waals surface area contributed by atoms with Gasteiger partial charge in [0.15, 0.2) is 11.8 Å². The molecule has 0 aliphatic heterocycles. The Kier molecular flexibility index (Phi) is 6.07. The van der Waals surface area contributed by atoms with Crippen molar-refractivity contribution in [2.75, 3.05) is 6.61 Å². The number of carbonyl (C=O) groups excluding carboxylic acids is 2. The van der Waals surface area contributed by atoms with Crippen LogP contribution in [-0.4, -0.2) is 34.2 Å². The third kappa shape index (κ3) is 4.18. The van der Waals surface area contributed by atoms with Crippen LogP contribution in [0, 0.1) is 0 Å². The maximum atomic E-state index is 12.8. The van der Waals surface area contributed by atoms with Crippen LogP contribution in [0.3, 0.4) is 0 Å². The molecule has 0 saturated heterocycles. The maximum Gasteiger partial charge on any atom is 0.360 e. The van der Waals surface area contributed by atoms with Crippen molar-refractivity contribution in [3.63, 3.8) is 0 Å². The number of fused-ring (bicyclic) bond motifs is 1. The number of benzene rings is 2. The molecule has 3 aromatic rings. The molecule has 7 nitrogen and oxygen atoms in total.